The van der Waals surface area contributed by atoms with Gasteiger partial charge in [0.2, 0.25) is 0 Å². The standard InChI is InChI=1S/C31H29NO6/c1-30(2)37-27-24(19-33)36-26(28(27)38-30)23-18-25(34)32(29(23)35)31(20-12-6-3-7-13-20,21-14-8-4-9-15-21)22-16-10-5-11-17-22/h3-18,24,26-28,33H,19H2,1-2H3/t24-,26+,27-,28+/m1/s1. The number of carbonyl (C=O) groups is 2. The van der Waals surface area contributed by atoms with Crippen molar-refractivity contribution in [3.63, 3.8) is 0 Å². The van der Waals surface area contributed by atoms with Crippen molar-refractivity contribution in [2.75, 3.05) is 6.61 Å². The maximum Gasteiger partial charge on any atom is 0.260 e. The van der Waals surface area contributed by atoms with Gasteiger partial charge < -0.3 is 19.3 Å². The van der Waals surface area contributed by atoms with Gasteiger partial charge in [0.15, 0.2) is 5.79 Å². The summed E-state index contributed by atoms with van der Waals surface area (Å²) in [5.41, 5.74) is 1.27. The second-order valence-corrected chi connectivity index (χ2v) is 10.2. The number of hydrogen-bond acceptors (Lipinski definition) is 6. The van der Waals surface area contributed by atoms with Crippen LogP contribution in [0.15, 0.2) is 103 Å². The fourth-order valence-corrected chi connectivity index (χ4v) is 6.01. The number of benzene rings is 3. The van der Waals surface area contributed by atoms with Crippen molar-refractivity contribution in [1.82, 2.24) is 4.90 Å². The van der Waals surface area contributed by atoms with E-state index in [-0.39, 0.29) is 12.2 Å². The lowest BCUT2D eigenvalue weighted by atomic mass is 9.75. The Kier molecular flexibility index (Phi) is 6.04. The molecule has 0 unspecified atom stereocenters. The Morgan fingerprint density at radius 3 is 1.74 bits per heavy atom. The summed E-state index contributed by atoms with van der Waals surface area (Å²) >= 11 is 0. The summed E-state index contributed by atoms with van der Waals surface area (Å²) in [4.78, 5) is 29.7. The van der Waals surface area contributed by atoms with Gasteiger partial charge in [-0.25, -0.2) is 0 Å². The lowest BCUT2D eigenvalue weighted by molar-refractivity contribution is -0.187. The Labute approximate surface area is 221 Å². The molecule has 0 aromatic heterocycles. The van der Waals surface area contributed by atoms with Gasteiger partial charge in [0, 0.05) is 6.08 Å². The third-order valence-corrected chi connectivity index (χ3v) is 7.50. The zero-order valence-corrected chi connectivity index (χ0v) is 21.2. The van der Waals surface area contributed by atoms with E-state index in [1.54, 1.807) is 13.8 Å². The second kappa shape index (κ2) is 9.29. The number of nitrogens with zero attached hydrogens (tertiary/aromatic N) is 1. The Morgan fingerprint density at radius 2 is 1.26 bits per heavy atom. The SMILES string of the molecule is CC1(C)O[C@@H]2[C@H](O1)[C@@H](CO)O[C@H]2C1=CC(=O)N(C(c2ccccc2)(c2ccccc2)c2ccccc2)C1=O. The highest BCUT2D eigenvalue weighted by Crippen LogP contribution is 2.47. The first-order valence-corrected chi connectivity index (χ1v) is 12.8. The number of hydrogen-bond donors (Lipinski definition) is 1. The molecule has 3 heterocycles. The van der Waals surface area contributed by atoms with Crippen LogP contribution in [0.3, 0.4) is 0 Å². The molecule has 3 aromatic carbocycles. The van der Waals surface area contributed by atoms with Crippen LogP contribution in [0, 0.1) is 0 Å². The number of carbonyl (C=O) groups excluding carboxylic acids is 2. The Balaban J connectivity index is 1.50. The molecule has 3 aliphatic rings. The van der Waals surface area contributed by atoms with Crippen molar-refractivity contribution in [3.05, 3.63) is 119 Å². The summed E-state index contributed by atoms with van der Waals surface area (Å²) in [5, 5.41) is 9.95. The van der Waals surface area contributed by atoms with Crippen molar-refractivity contribution in [2.24, 2.45) is 0 Å². The molecule has 38 heavy (non-hydrogen) atoms. The number of fused-ring (bicyclic) bond motifs is 1. The first-order chi connectivity index (χ1) is 18.4. The molecular formula is C31H29NO6. The van der Waals surface area contributed by atoms with Crippen LogP contribution in [0.1, 0.15) is 30.5 Å². The van der Waals surface area contributed by atoms with Crippen LogP contribution in [0.2, 0.25) is 0 Å². The highest BCUT2D eigenvalue weighted by Gasteiger charge is 2.60. The van der Waals surface area contributed by atoms with E-state index in [0.29, 0.717) is 0 Å². The lowest BCUT2D eigenvalue weighted by Crippen LogP contribution is -2.52. The predicted octanol–water partition coefficient (Wildman–Crippen LogP) is 3.55. The van der Waals surface area contributed by atoms with E-state index < -0.39 is 47.6 Å². The molecule has 2 saturated heterocycles. The number of ether oxygens (including phenoxy) is 3. The molecule has 2 amide bonds. The van der Waals surface area contributed by atoms with E-state index >= 15 is 0 Å². The van der Waals surface area contributed by atoms with Crippen LogP contribution < -0.4 is 0 Å². The van der Waals surface area contributed by atoms with E-state index in [2.05, 4.69) is 0 Å². The number of imide groups is 1. The second-order valence-electron chi connectivity index (χ2n) is 10.2. The van der Waals surface area contributed by atoms with Gasteiger partial charge in [0.25, 0.3) is 11.8 Å². The minimum atomic E-state index is -1.24. The normalized spacial score (nSPS) is 26.5. The topological polar surface area (TPSA) is 85.3 Å². The predicted molar refractivity (Wildman–Crippen MR) is 139 cm³/mol. The minimum Gasteiger partial charge on any atom is -0.394 e. The molecule has 7 heteroatoms. The van der Waals surface area contributed by atoms with Crippen molar-refractivity contribution in [3.8, 4) is 0 Å². The molecule has 0 spiro atoms. The molecule has 0 saturated carbocycles. The molecule has 0 aliphatic carbocycles. The summed E-state index contributed by atoms with van der Waals surface area (Å²) in [6, 6.07) is 28.7. The number of aliphatic hydroxyl groups is 1. The van der Waals surface area contributed by atoms with Crippen LogP contribution in [0.25, 0.3) is 0 Å². The van der Waals surface area contributed by atoms with Crippen LogP contribution in [0.4, 0.5) is 0 Å². The van der Waals surface area contributed by atoms with E-state index in [1.807, 2.05) is 91.0 Å². The molecule has 0 radical (unpaired) electrons. The quantitative estimate of drug-likeness (QED) is 0.403. The molecule has 0 bridgehead atoms. The minimum absolute atomic E-state index is 0.189. The summed E-state index contributed by atoms with van der Waals surface area (Å²) in [6.07, 6.45) is -1.38. The summed E-state index contributed by atoms with van der Waals surface area (Å²) in [6.45, 7) is 3.27. The molecule has 7 nitrogen and oxygen atoms in total. The molecule has 3 aromatic rings. The first-order valence-electron chi connectivity index (χ1n) is 12.8. The van der Waals surface area contributed by atoms with Gasteiger partial charge >= 0.3 is 0 Å². The van der Waals surface area contributed by atoms with E-state index in [4.69, 9.17) is 14.2 Å². The number of rotatable bonds is 6. The maximum atomic E-state index is 14.4. The fraction of sp³-hybridized carbons (Fsp3) is 0.290. The average molecular weight is 512 g/mol. The van der Waals surface area contributed by atoms with Crippen LogP contribution in [-0.2, 0) is 29.3 Å². The maximum absolute atomic E-state index is 14.4. The van der Waals surface area contributed by atoms with Gasteiger partial charge in [-0.15, -0.1) is 0 Å². The largest absolute Gasteiger partial charge is 0.394 e. The molecule has 2 fully saturated rings. The van der Waals surface area contributed by atoms with E-state index in [1.165, 1.54) is 11.0 Å². The van der Waals surface area contributed by atoms with Crippen molar-refractivity contribution >= 4 is 11.8 Å². The Hall–Kier alpha value is -3.62. The van der Waals surface area contributed by atoms with Crippen molar-refractivity contribution in [1.29, 1.82) is 0 Å². The molecule has 3 aliphatic heterocycles. The zero-order valence-electron chi connectivity index (χ0n) is 21.2. The highest BCUT2D eigenvalue weighted by molar-refractivity contribution is 6.18. The Morgan fingerprint density at radius 1 is 0.789 bits per heavy atom. The molecular weight excluding hydrogens is 482 g/mol. The van der Waals surface area contributed by atoms with Gasteiger partial charge in [0.1, 0.15) is 30.0 Å². The first kappa shape index (κ1) is 24.7. The van der Waals surface area contributed by atoms with E-state index in [0.717, 1.165) is 16.7 Å². The van der Waals surface area contributed by atoms with Gasteiger partial charge in [-0.05, 0) is 30.5 Å². The third-order valence-electron chi connectivity index (χ3n) is 7.50. The smallest absolute Gasteiger partial charge is 0.260 e. The summed E-state index contributed by atoms with van der Waals surface area (Å²) in [7, 11) is 0. The monoisotopic (exact) mass is 511 g/mol. The molecule has 6 rings (SSSR count). The number of aliphatic hydroxyl groups excluding tert-OH is 1. The molecule has 194 valence electrons. The van der Waals surface area contributed by atoms with Crippen LogP contribution in [0.5, 0.6) is 0 Å². The third kappa shape index (κ3) is 3.74. The molecule has 4 atom stereocenters. The van der Waals surface area contributed by atoms with E-state index in [9.17, 15) is 14.7 Å². The fourth-order valence-electron chi connectivity index (χ4n) is 6.01. The van der Waals surface area contributed by atoms with Gasteiger partial charge in [-0.1, -0.05) is 91.0 Å². The number of amides is 2. The van der Waals surface area contributed by atoms with Crippen LogP contribution >= 0.6 is 0 Å². The Bertz CT molecular complexity index is 1270. The van der Waals surface area contributed by atoms with Crippen molar-refractivity contribution in [2.45, 2.75) is 49.6 Å². The van der Waals surface area contributed by atoms with Gasteiger partial charge in [-0.2, -0.15) is 0 Å². The van der Waals surface area contributed by atoms with Gasteiger partial charge in [-0.3, -0.25) is 14.5 Å². The van der Waals surface area contributed by atoms with Crippen LogP contribution in [-0.4, -0.2) is 58.6 Å². The summed E-state index contributed by atoms with van der Waals surface area (Å²) in [5.74, 6) is -1.83. The average Bonchev–Trinajstić information content (AvgIpc) is 3.54. The molecule has 1 N–H and O–H groups in total. The zero-order chi connectivity index (χ0) is 26.5. The highest BCUT2D eigenvalue weighted by atomic mass is 16.8. The summed E-state index contributed by atoms with van der Waals surface area (Å²) < 4.78 is 18.2. The lowest BCUT2D eigenvalue weighted by Gasteiger charge is -2.42. The van der Waals surface area contributed by atoms with Crippen molar-refractivity contribution < 1.29 is 28.9 Å². The van der Waals surface area contributed by atoms with Gasteiger partial charge in [0.05, 0.1) is 12.2 Å².